The van der Waals surface area contributed by atoms with Crippen LogP contribution in [-0.4, -0.2) is 15.0 Å². The van der Waals surface area contributed by atoms with Crippen LogP contribution in [0.4, 0.5) is 0 Å². The monoisotopic (exact) mass is 449 g/mol. The zero-order chi connectivity index (χ0) is 23.2. The van der Waals surface area contributed by atoms with Crippen molar-refractivity contribution in [2.45, 2.75) is 0 Å². The summed E-state index contributed by atoms with van der Waals surface area (Å²) in [7, 11) is 0. The highest BCUT2D eigenvalue weighted by molar-refractivity contribution is 6.05. The third-order valence-corrected chi connectivity index (χ3v) is 6.30. The molecule has 1 aliphatic heterocycles. The van der Waals surface area contributed by atoms with E-state index < -0.39 is 0 Å². The van der Waals surface area contributed by atoms with Crippen molar-refractivity contribution < 1.29 is 4.74 Å². The molecule has 4 heteroatoms. The maximum Gasteiger partial charge on any atom is 0.164 e. The highest BCUT2D eigenvalue weighted by Crippen LogP contribution is 2.47. The predicted molar refractivity (Wildman–Crippen MR) is 139 cm³/mol. The van der Waals surface area contributed by atoms with E-state index in [9.17, 15) is 0 Å². The summed E-state index contributed by atoms with van der Waals surface area (Å²) in [6.45, 7) is 0. The number of fused-ring (bicyclic) bond motifs is 2. The molecule has 0 radical (unpaired) electrons. The highest BCUT2D eigenvalue weighted by Gasteiger charge is 2.21. The number of ether oxygens (including phenoxy) is 1. The van der Waals surface area contributed by atoms with Crippen molar-refractivity contribution in [2.75, 3.05) is 0 Å². The first-order valence-electron chi connectivity index (χ1n) is 11.5. The number of para-hydroxylation sites is 1. The van der Waals surface area contributed by atoms with Gasteiger partial charge in [-0.2, -0.15) is 0 Å². The second kappa shape index (κ2) is 7.89. The minimum atomic E-state index is 0.615. The summed E-state index contributed by atoms with van der Waals surface area (Å²) in [5.74, 6) is 3.57. The Morgan fingerprint density at radius 3 is 1.69 bits per heavy atom. The normalized spacial score (nSPS) is 11.7. The molecule has 2 heterocycles. The molecule has 0 atom stereocenters. The Labute approximate surface area is 202 Å². The van der Waals surface area contributed by atoms with Gasteiger partial charge in [-0.3, -0.25) is 0 Å². The van der Waals surface area contributed by atoms with Crippen LogP contribution >= 0.6 is 0 Å². The van der Waals surface area contributed by atoms with E-state index in [0.717, 1.165) is 44.5 Å². The molecular formula is C31H19N3O. The lowest BCUT2D eigenvalue weighted by atomic mass is 9.93. The molecule has 1 aromatic heterocycles. The van der Waals surface area contributed by atoms with Crippen molar-refractivity contribution in [3.8, 4) is 56.8 Å². The largest absolute Gasteiger partial charge is 0.456 e. The first-order chi connectivity index (χ1) is 17.3. The average Bonchev–Trinajstić information content (AvgIpc) is 2.94. The molecule has 0 amide bonds. The molecule has 0 N–H and O–H groups in total. The SMILES string of the molecule is c1ccc(-c2nc(-c3ccccc3)nc(-c3cc4c5c(cccc5c3)-c3ccccc3O4)n2)cc1. The van der Waals surface area contributed by atoms with Crippen LogP contribution in [0.25, 0.3) is 56.1 Å². The maximum atomic E-state index is 6.37. The minimum Gasteiger partial charge on any atom is -0.456 e. The average molecular weight is 450 g/mol. The third-order valence-electron chi connectivity index (χ3n) is 6.30. The fourth-order valence-electron chi connectivity index (χ4n) is 4.66. The van der Waals surface area contributed by atoms with Gasteiger partial charge in [0.1, 0.15) is 11.5 Å². The van der Waals surface area contributed by atoms with Crippen molar-refractivity contribution in [3.63, 3.8) is 0 Å². The highest BCUT2D eigenvalue weighted by atomic mass is 16.5. The molecule has 0 saturated heterocycles. The fourth-order valence-corrected chi connectivity index (χ4v) is 4.66. The van der Waals surface area contributed by atoms with Gasteiger partial charge in [-0.25, -0.2) is 15.0 Å². The molecule has 0 spiro atoms. The number of benzene rings is 5. The summed E-state index contributed by atoms with van der Waals surface area (Å²) < 4.78 is 6.37. The first-order valence-corrected chi connectivity index (χ1v) is 11.5. The van der Waals surface area contributed by atoms with Crippen LogP contribution in [0.5, 0.6) is 11.5 Å². The van der Waals surface area contributed by atoms with Gasteiger partial charge in [0.05, 0.1) is 0 Å². The van der Waals surface area contributed by atoms with Gasteiger partial charge in [0, 0.05) is 27.6 Å². The number of hydrogen-bond acceptors (Lipinski definition) is 4. The number of rotatable bonds is 3. The molecule has 5 aromatic carbocycles. The van der Waals surface area contributed by atoms with Gasteiger partial charge < -0.3 is 4.74 Å². The Morgan fingerprint density at radius 1 is 0.429 bits per heavy atom. The van der Waals surface area contributed by atoms with Gasteiger partial charge in [0.25, 0.3) is 0 Å². The van der Waals surface area contributed by atoms with Gasteiger partial charge in [-0.1, -0.05) is 97.1 Å². The summed E-state index contributed by atoms with van der Waals surface area (Å²) in [6.07, 6.45) is 0. The van der Waals surface area contributed by atoms with Crippen molar-refractivity contribution in [2.24, 2.45) is 0 Å². The van der Waals surface area contributed by atoms with Crippen LogP contribution in [-0.2, 0) is 0 Å². The molecule has 35 heavy (non-hydrogen) atoms. The summed E-state index contributed by atoms with van der Waals surface area (Å²) in [5, 5.41) is 2.20. The minimum absolute atomic E-state index is 0.615. The summed E-state index contributed by atoms with van der Waals surface area (Å²) in [5.41, 5.74) is 5.07. The lowest BCUT2D eigenvalue weighted by Gasteiger charge is -2.22. The van der Waals surface area contributed by atoms with Crippen LogP contribution in [0.2, 0.25) is 0 Å². The lowest BCUT2D eigenvalue weighted by molar-refractivity contribution is 0.487. The van der Waals surface area contributed by atoms with Crippen LogP contribution in [0, 0.1) is 0 Å². The van der Waals surface area contributed by atoms with Gasteiger partial charge in [0.2, 0.25) is 0 Å². The quantitative estimate of drug-likeness (QED) is 0.276. The topological polar surface area (TPSA) is 47.9 Å². The second-order valence-electron chi connectivity index (χ2n) is 8.51. The van der Waals surface area contributed by atoms with Crippen LogP contribution in [0.15, 0.2) is 115 Å². The van der Waals surface area contributed by atoms with Crippen molar-refractivity contribution in [3.05, 3.63) is 115 Å². The zero-order valence-electron chi connectivity index (χ0n) is 18.7. The molecule has 4 nitrogen and oxygen atoms in total. The Bertz CT molecular complexity index is 1660. The standard InChI is InChI=1S/C31H19N3O/c1-3-10-20(11-4-1)29-32-30(21-12-5-2-6-13-21)34-31(33-29)23-18-22-14-9-16-25-24-15-7-8-17-26(24)35-27(19-23)28(22)25/h1-19H. The summed E-state index contributed by atoms with van der Waals surface area (Å²) in [4.78, 5) is 14.6. The molecule has 7 rings (SSSR count). The number of hydrogen-bond donors (Lipinski definition) is 0. The van der Waals surface area contributed by atoms with Gasteiger partial charge in [-0.15, -0.1) is 0 Å². The van der Waals surface area contributed by atoms with E-state index >= 15 is 0 Å². The smallest absolute Gasteiger partial charge is 0.164 e. The molecule has 0 fully saturated rings. The van der Waals surface area contributed by atoms with Crippen LogP contribution < -0.4 is 4.74 Å². The zero-order valence-corrected chi connectivity index (χ0v) is 18.7. The molecule has 0 bridgehead atoms. The molecule has 0 unspecified atom stereocenters. The molecule has 1 aliphatic rings. The second-order valence-corrected chi connectivity index (χ2v) is 8.51. The van der Waals surface area contributed by atoms with Crippen molar-refractivity contribution in [1.29, 1.82) is 0 Å². The molecule has 164 valence electrons. The van der Waals surface area contributed by atoms with Crippen LogP contribution in [0.3, 0.4) is 0 Å². The van der Waals surface area contributed by atoms with Gasteiger partial charge in [0.15, 0.2) is 17.5 Å². The predicted octanol–water partition coefficient (Wildman–Crippen LogP) is 7.80. The van der Waals surface area contributed by atoms with Gasteiger partial charge in [-0.05, 0) is 29.1 Å². The Morgan fingerprint density at radius 2 is 1.00 bits per heavy atom. The van der Waals surface area contributed by atoms with E-state index in [1.807, 2.05) is 84.9 Å². The number of aromatic nitrogens is 3. The molecule has 0 saturated carbocycles. The van der Waals surface area contributed by atoms with Crippen LogP contribution in [0.1, 0.15) is 0 Å². The van der Waals surface area contributed by atoms with E-state index in [0.29, 0.717) is 17.5 Å². The third kappa shape index (κ3) is 3.35. The van der Waals surface area contributed by atoms with Gasteiger partial charge >= 0.3 is 0 Å². The van der Waals surface area contributed by atoms with E-state index in [2.05, 4.69) is 30.3 Å². The molecule has 0 aliphatic carbocycles. The fraction of sp³-hybridized carbons (Fsp3) is 0. The summed E-state index contributed by atoms with van der Waals surface area (Å²) in [6, 6.07) is 38.7. The maximum absolute atomic E-state index is 6.37. The Kier molecular flexibility index (Phi) is 4.42. The summed E-state index contributed by atoms with van der Waals surface area (Å²) >= 11 is 0. The van der Waals surface area contributed by atoms with Crippen molar-refractivity contribution >= 4 is 10.8 Å². The van der Waals surface area contributed by atoms with Crippen molar-refractivity contribution in [1.82, 2.24) is 15.0 Å². The number of nitrogens with zero attached hydrogens (tertiary/aromatic N) is 3. The lowest BCUT2D eigenvalue weighted by Crippen LogP contribution is -2.01. The van der Waals surface area contributed by atoms with E-state index in [4.69, 9.17) is 19.7 Å². The Hall–Kier alpha value is -4.83. The molecular weight excluding hydrogens is 430 g/mol. The first kappa shape index (κ1) is 19.6. The Balaban J connectivity index is 1.46. The van der Waals surface area contributed by atoms with E-state index in [-0.39, 0.29) is 0 Å². The molecule has 6 aromatic rings. The van der Waals surface area contributed by atoms with E-state index in [1.54, 1.807) is 0 Å². The van der Waals surface area contributed by atoms with E-state index in [1.165, 1.54) is 5.56 Å².